The van der Waals surface area contributed by atoms with Crippen molar-refractivity contribution in [1.29, 1.82) is 0 Å². The minimum Gasteiger partial charge on any atom is -0.858 e. The number of carbonyl (C=O) groups excluding carboxylic acids is 2. The van der Waals surface area contributed by atoms with Crippen LogP contribution in [0.5, 0.6) is 17.4 Å². The minimum atomic E-state index is -0.597. The number of carbonyl (C=O) groups is 2. The summed E-state index contributed by atoms with van der Waals surface area (Å²) in [4.78, 5) is 29.2. The molecule has 39 heavy (non-hydrogen) atoms. The Morgan fingerprint density at radius 1 is 0.974 bits per heavy atom. The molecule has 6 rings (SSSR count). The molecule has 0 aliphatic carbocycles. The van der Waals surface area contributed by atoms with Gasteiger partial charge in [-0.25, -0.2) is 9.58 Å². The molecular weight excluding hydrogens is 496 g/mol. The molecule has 0 spiro atoms. The first kappa shape index (κ1) is 24.4. The number of fused-ring (bicyclic) bond motifs is 1. The maximum absolute atomic E-state index is 14.2. The maximum atomic E-state index is 14.2. The summed E-state index contributed by atoms with van der Waals surface area (Å²) in [6.07, 6.45) is 4.53. The zero-order chi connectivity index (χ0) is 27.3. The highest BCUT2D eigenvalue weighted by Crippen LogP contribution is 2.42. The Hall–Kier alpha value is -4.92. The molecule has 4 aromatic rings. The van der Waals surface area contributed by atoms with E-state index in [0.717, 1.165) is 16.0 Å². The smallest absolute Gasteiger partial charge is 0.331 e. The van der Waals surface area contributed by atoms with E-state index in [1.54, 1.807) is 47.3 Å². The molecule has 2 amide bonds. The lowest BCUT2D eigenvalue weighted by Gasteiger charge is -2.17. The topological polar surface area (TPSA) is 101 Å². The van der Waals surface area contributed by atoms with Crippen LogP contribution in [0.2, 0.25) is 0 Å². The largest absolute Gasteiger partial charge is 0.858 e. The van der Waals surface area contributed by atoms with Gasteiger partial charge in [0, 0.05) is 23.8 Å². The number of nitrogens with zero attached hydrogens (tertiary/aromatic N) is 4. The van der Waals surface area contributed by atoms with Gasteiger partial charge < -0.3 is 14.6 Å². The van der Waals surface area contributed by atoms with Crippen LogP contribution in [0, 0.1) is 13.8 Å². The fourth-order valence-electron chi connectivity index (χ4n) is 5.10. The van der Waals surface area contributed by atoms with Crippen LogP contribution in [0.3, 0.4) is 0 Å². The Kier molecular flexibility index (Phi) is 5.91. The number of amides is 2. The van der Waals surface area contributed by atoms with E-state index in [-0.39, 0.29) is 23.6 Å². The quantitative estimate of drug-likeness (QED) is 0.284. The molecule has 2 aromatic heterocycles. The van der Waals surface area contributed by atoms with Crippen LogP contribution in [-0.2, 0) is 16.0 Å². The lowest BCUT2D eigenvalue weighted by Crippen LogP contribution is -2.39. The zero-order valence-electron chi connectivity index (χ0n) is 21.8. The van der Waals surface area contributed by atoms with Crippen LogP contribution in [-0.4, -0.2) is 28.4 Å². The summed E-state index contributed by atoms with van der Waals surface area (Å²) in [6.45, 7) is 5.94. The van der Waals surface area contributed by atoms with Crippen molar-refractivity contribution in [2.45, 2.75) is 33.6 Å². The van der Waals surface area contributed by atoms with E-state index in [2.05, 4.69) is 5.10 Å². The van der Waals surface area contributed by atoms with Gasteiger partial charge in [-0.15, -0.1) is 0 Å². The zero-order valence-corrected chi connectivity index (χ0v) is 21.8. The second kappa shape index (κ2) is 9.43. The number of aromatic nitrogens is 3. The molecule has 9 nitrogen and oxygen atoms in total. The molecule has 0 fully saturated rings. The van der Waals surface area contributed by atoms with E-state index in [1.165, 1.54) is 4.68 Å². The van der Waals surface area contributed by atoms with Gasteiger partial charge in [0.15, 0.2) is 23.9 Å². The van der Waals surface area contributed by atoms with E-state index in [9.17, 15) is 14.7 Å². The highest BCUT2D eigenvalue weighted by molar-refractivity contribution is 6.53. The maximum Gasteiger partial charge on any atom is 0.331 e. The van der Waals surface area contributed by atoms with Crippen molar-refractivity contribution in [3.05, 3.63) is 89.4 Å². The molecule has 0 saturated carbocycles. The SMILES string of the molecule is CCCc1nn(-c2ccc(C)cc2C)c([O-])c1C1=C([n+]2ccccc2)C(=O)N(c2ccc3c(c2)OCO3)C1=O. The molecule has 4 heterocycles. The van der Waals surface area contributed by atoms with Gasteiger partial charge in [0.25, 0.3) is 11.6 Å². The second-order valence-electron chi connectivity index (χ2n) is 9.57. The summed E-state index contributed by atoms with van der Waals surface area (Å²) >= 11 is 0. The first-order valence-electron chi connectivity index (χ1n) is 12.7. The molecule has 196 valence electrons. The molecule has 0 atom stereocenters. The minimum absolute atomic E-state index is 0.0262. The number of rotatable bonds is 6. The third-order valence-electron chi connectivity index (χ3n) is 6.88. The normalized spacial score (nSPS) is 14.6. The number of ether oxygens (including phenoxy) is 2. The fraction of sp³-hybridized carbons (Fsp3) is 0.200. The van der Waals surface area contributed by atoms with Crippen LogP contribution in [0.25, 0.3) is 17.0 Å². The lowest BCUT2D eigenvalue weighted by atomic mass is 10.0. The molecule has 2 aromatic carbocycles. The van der Waals surface area contributed by atoms with Gasteiger partial charge in [-0.05, 0) is 49.9 Å². The second-order valence-corrected chi connectivity index (χ2v) is 9.57. The monoisotopic (exact) mass is 522 g/mol. The Balaban J connectivity index is 1.57. The van der Waals surface area contributed by atoms with Gasteiger partial charge in [-0.1, -0.05) is 37.1 Å². The van der Waals surface area contributed by atoms with Crippen molar-refractivity contribution >= 4 is 28.8 Å². The predicted octanol–water partition coefficient (Wildman–Crippen LogP) is 3.47. The Labute approximate surface area is 225 Å². The van der Waals surface area contributed by atoms with Gasteiger partial charge in [0.2, 0.25) is 6.79 Å². The molecule has 0 unspecified atom stereocenters. The molecule has 2 aliphatic rings. The van der Waals surface area contributed by atoms with Crippen molar-refractivity contribution in [1.82, 2.24) is 9.78 Å². The molecule has 0 saturated heterocycles. The van der Waals surface area contributed by atoms with Gasteiger partial charge >= 0.3 is 5.91 Å². The third kappa shape index (κ3) is 3.94. The van der Waals surface area contributed by atoms with Gasteiger partial charge in [0.05, 0.1) is 17.1 Å². The van der Waals surface area contributed by atoms with Crippen molar-refractivity contribution in [2.75, 3.05) is 11.7 Å². The van der Waals surface area contributed by atoms with Crippen LogP contribution in [0.4, 0.5) is 5.69 Å². The Morgan fingerprint density at radius 2 is 1.74 bits per heavy atom. The molecule has 0 N–H and O–H groups in total. The first-order valence-corrected chi connectivity index (χ1v) is 12.7. The van der Waals surface area contributed by atoms with Crippen molar-refractivity contribution in [2.24, 2.45) is 0 Å². The third-order valence-corrected chi connectivity index (χ3v) is 6.88. The van der Waals surface area contributed by atoms with Crippen LogP contribution in [0.1, 0.15) is 35.7 Å². The number of hydrogen-bond acceptors (Lipinski definition) is 6. The van der Waals surface area contributed by atoms with E-state index in [1.807, 2.05) is 45.0 Å². The molecule has 2 aliphatic heterocycles. The van der Waals surface area contributed by atoms with Gasteiger partial charge in [-0.2, -0.15) is 9.67 Å². The van der Waals surface area contributed by atoms with E-state index in [4.69, 9.17) is 9.47 Å². The average Bonchev–Trinajstić information content (AvgIpc) is 3.58. The summed E-state index contributed by atoms with van der Waals surface area (Å²) in [5.41, 5.74) is 3.63. The summed E-state index contributed by atoms with van der Waals surface area (Å²) in [5, 5.41) is 18.7. The predicted molar refractivity (Wildman–Crippen MR) is 141 cm³/mol. The van der Waals surface area contributed by atoms with Crippen molar-refractivity contribution in [3.8, 4) is 23.1 Å². The van der Waals surface area contributed by atoms with Gasteiger partial charge in [-0.3, -0.25) is 9.59 Å². The standard InChI is InChI=1S/C30H26N4O5/c1-4-8-21-25(29(36)34(31-21)22-11-9-18(2)15-19(22)3)26-27(32-13-6-5-7-14-32)30(37)33(28(26)35)20-10-12-23-24(16-20)39-17-38-23/h5-7,9-16H,4,8,17H2,1-3H3. The number of pyridine rings is 1. The van der Waals surface area contributed by atoms with Crippen LogP contribution >= 0.6 is 0 Å². The number of aryl methyl sites for hydroxylation is 3. The summed E-state index contributed by atoms with van der Waals surface area (Å²) in [7, 11) is 0. The molecule has 0 radical (unpaired) electrons. The first-order chi connectivity index (χ1) is 18.9. The highest BCUT2D eigenvalue weighted by atomic mass is 16.7. The van der Waals surface area contributed by atoms with E-state index >= 15 is 0 Å². The fourth-order valence-corrected chi connectivity index (χ4v) is 5.10. The number of imide groups is 1. The molecular formula is C30H26N4O5. The Bertz CT molecular complexity index is 1670. The van der Waals surface area contributed by atoms with Gasteiger partial charge in [0.1, 0.15) is 5.57 Å². The average molecular weight is 523 g/mol. The Morgan fingerprint density at radius 3 is 2.49 bits per heavy atom. The van der Waals surface area contributed by atoms with Crippen molar-refractivity contribution in [3.63, 3.8) is 0 Å². The van der Waals surface area contributed by atoms with E-state index < -0.39 is 17.7 Å². The summed E-state index contributed by atoms with van der Waals surface area (Å²) < 4.78 is 13.8. The van der Waals surface area contributed by atoms with Crippen LogP contribution < -0.4 is 24.0 Å². The summed E-state index contributed by atoms with van der Waals surface area (Å²) in [6, 6.07) is 16.0. The molecule has 9 heteroatoms. The highest BCUT2D eigenvalue weighted by Gasteiger charge is 2.47. The summed E-state index contributed by atoms with van der Waals surface area (Å²) in [5.74, 6) is -0.617. The lowest BCUT2D eigenvalue weighted by molar-refractivity contribution is -0.576. The van der Waals surface area contributed by atoms with Crippen molar-refractivity contribution < 1.29 is 28.7 Å². The van der Waals surface area contributed by atoms with E-state index in [0.29, 0.717) is 41.4 Å². The van der Waals surface area contributed by atoms with Crippen LogP contribution in [0.15, 0.2) is 67.0 Å². The number of anilines is 1. The number of benzene rings is 2. The number of hydrogen-bond donors (Lipinski definition) is 0. The molecule has 0 bridgehead atoms.